The van der Waals surface area contributed by atoms with Gasteiger partial charge < -0.3 is 9.13 Å². The average molecular weight is 740 g/mol. The Morgan fingerprint density at radius 3 is 1.47 bits per heavy atom. The van der Waals surface area contributed by atoms with Crippen molar-refractivity contribution in [2.24, 2.45) is 0 Å². The van der Waals surface area contributed by atoms with Crippen molar-refractivity contribution >= 4 is 65.2 Å². The number of para-hydroxylation sites is 3. The maximum atomic E-state index is 5.27. The number of hydrogen-bond donors (Lipinski definition) is 0. The molecule has 0 saturated carbocycles. The largest absolute Gasteiger partial charge is 0.309 e. The molecule has 0 aliphatic heterocycles. The molecule has 0 spiro atoms. The zero-order valence-corrected chi connectivity index (χ0v) is 31.3. The highest BCUT2D eigenvalue weighted by Gasteiger charge is 2.19. The van der Waals surface area contributed by atoms with Crippen LogP contribution in [0.25, 0.3) is 111 Å². The molecule has 3 aromatic heterocycles. The van der Waals surface area contributed by atoms with E-state index < -0.39 is 0 Å². The summed E-state index contributed by atoms with van der Waals surface area (Å²) < 4.78 is 4.70. The first-order chi connectivity index (χ1) is 28.7. The molecule has 0 amide bonds. The van der Waals surface area contributed by atoms with Crippen molar-refractivity contribution in [1.82, 2.24) is 24.1 Å². The SMILES string of the molecule is c1ccc(-n2c3ccccc3c3ccc(-c4nc(-c5cccc(-n6c7ccccc7c7cc8ccccc8cc76)c5)nc(-c5ccc6ccccc6c5)n4)cc32)cc1. The van der Waals surface area contributed by atoms with Gasteiger partial charge in [0.15, 0.2) is 17.5 Å². The summed E-state index contributed by atoms with van der Waals surface area (Å²) in [5.74, 6) is 1.86. The first-order valence-electron chi connectivity index (χ1n) is 19.6. The lowest BCUT2D eigenvalue weighted by molar-refractivity contribution is 1.07. The van der Waals surface area contributed by atoms with Gasteiger partial charge in [0.1, 0.15) is 0 Å². The number of benzene rings is 9. The Hall–Kier alpha value is -7.89. The second-order valence-corrected chi connectivity index (χ2v) is 14.9. The standard InChI is InChI=1S/C53H33N5/c1-2-18-41(19-3-1)57-47-23-10-8-21-43(47)45-28-27-40(33-49(45)57)53-55-51(54-52(56-53)39-26-25-34-13-4-5-14-35(34)29-39)38-17-12-20-42(30-38)58-48-24-11-9-22-44(48)46-31-36-15-6-7-16-37(36)32-50(46)58/h1-33H. The molecule has 12 aromatic rings. The highest BCUT2D eigenvalue weighted by Crippen LogP contribution is 2.38. The molecule has 0 unspecified atom stereocenters. The van der Waals surface area contributed by atoms with Gasteiger partial charge in [-0.25, -0.2) is 15.0 Å². The monoisotopic (exact) mass is 739 g/mol. The Kier molecular flexibility index (Phi) is 7.16. The molecule has 12 rings (SSSR count). The Bertz CT molecular complexity index is 3580. The van der Waals surface area contributed by atoms with Crippen LogP contribution >= 0.6 is 0 Å². The summed E-state index contributed by atoms with van der Waals surface area (Å²) in [6.07, 6.45) is 0. The molecule has 270 valence electrons. The molecule has 3 heterocycles. The summed E-state index contributed by atoms with van der Waals surface area (Å²) in [6.45, 7) is 0. The highest BCUT2D eigenvalue weighted by molar-refractivity contribution is 6.14. The van der Waals surface area contributed by atoms with Gasteiger partial charge in [-0.2, -0.15) is 0 Å². The van der Waals surface area contributed by atoms with Crippen molar-refractivity contribution in [2.75, 3.05) is 0 Å². The van der Waals surface area contributed by atoms with Crippen molar-refractivity contribution in [1.29, 1.82) is 0 Å². The Morgan fingerprint density at radius 1 is 0.259 bits per heavy atom. The lowest BCUT2D eigenvalue weighted by atomic mass is 10.1. The number of aromatic nitrogens is 5. The fourth-order valence-electron chi connectivity index (χ4n) is 8.77. The van der Waals surface area contributed by atoms with E-state index in [9.17, 15) is 0 Å². The van der Waals surface area contributed by atoms with Crippen molar-refractivity contribution in [3.8, 4) is 45.5 Å². The summed E-state index contributed by atoms with van der Waals surface area (Å²) in [5.41, 5.74) is 9.49. The molecule has 58 heavy (non-hydrogen) atoms. The first kappa shape index (κ1) is 32.4. The molecule has 0 aliphatic rings. The van der Waals surface area contributed by atoms with E-state index in [4.69, 9.17) is 15.0 Å². The smallest absolute Gasteiger partial charge is 0.164 e. The van der Waals surface area contributed by atoms with Crippen LogP contribution in [-0.4, -0.2) is 24.1 Å². The van der Waals surface area contributed by atoms with Gasteiger partial charge in [0.25, 0.3) is 0 Å². The van der Waals surface area contributed by atoms with Gasteiger partial charge >= 0.3 is 0 Å². The molecular formula is C53H33N5. The summed E-state index contributed by atoms with van der Waals surface area (Å²) in [7, 11) is 0. The number of fused-ring (bicyclic) bond motifs is 8. The average Bonchev–Trinajstić information content (AvgIpc) is 3.80. The molecular weight excluding hydrogens is 707 g/mol. The molecule has 9 aromatic carbocycles. The summed E-state index contributed by atoms with van der Waals surface area (Å²) in [5, 5.41) is 9.58. The lowest BCUT2D eigenvalue weighted by Gasteiger charge is -2.12. The first-order valence-corrected chi connectivity index (χ1v) is 19.6. The van der Waals surface area contributed by atoms with Crippen LogP contribution in [0.2, 0.25) is 0 Å². The minimum absolute atomic E-state index is 0.616. The molecule has 0 fully saturated rings. The van der Waals surface area contributed by atoms with E-state index in [1.54, 1.807) is 0 Å². The van der Waals surface area contributed by atoms with Gasteiger partial charge in [0.05, 0.1) is 22.1 Å². The van der Waals surface area contributed by atoms with Gasteiger partial charge in [-0.1, -0.05) is 140 Å². The van der Waals surface area contributed by atoms with Crippen molar-refractivity contribution in [3.63, 3.8) is 0 Å². The fourth-order valence-corrected chi connectivity index (χ4v) is 8.77. The topological polar surface area (TPSA) is 48.5 Å². The molecule has 0 aliphatic carbocycles. The minimum Gasteiger partial charge on any atom is -0.309 e. The zero-order valence-electron chi connectivity index (χ0n) is 31.3. The van der Waals surface area contributed by atoms with E-state index in [2.05, 4.69) is 209 Å². The Balaban J connectivity index is 1.08. The van der Waals surface area contributed by atoms with Crippen LogP contribution in [0.4, 0.5) is 0 Å². The van der Waals surface area contributed by atoms with Crippen molar-refractivity contribution in [2.45, 2.75) is 0 Å². The van der Waals surface area contributed by atoms with Gasteiger partial charge in [-0.3, -0.25) is 0 Å². The Morgan fingerprint density at radius 2 is 0.741 bits per heavy atom. The highest BCUT2D eigenvalue weighted by atomic mass is 15.0. The second kappa shape index (κ2) is 12.8. The lowest BCUT2D eigenvalue weighted by Crippen LogP contribution is -2.01. The third kappa shape index (κ3) is 5.14. The number of nitrogens with zero attached hydrogens (tertiary/aromatic N) is 5. The summed E-state index contributed by atoms with van der Waals surface area (Å²) in [4.78, 5) is 15.7. The van der Waals surface area contributed by atoms with Gasteiger partial charge in [-0.05, 0) is 82.2 Å². The number of hydrogen-bond acceptors (Lipinski definition) is 3. The quantitative estimate of drug-likeness (QED) is 0.177. The van der Waals surface area contributed by atoms with E-state index >= 15 is 0 Å². The number of rotatable bonds is 5. The van der Waals surface area contributed by atoms with Crippen molar-refractivity contribution in [3.05, 3.63) is 200 Å². The van der Waals surface area contributed by atoms with Crippen LogP contribution in [0.1, 0.15) is 0 Å². The Labute approximate surface area is 333 Å². The molecule has 0 bridgehead atoms. The maximum absolute atomic E-state index is 5.27. The molecule has 5 heteroatoms. The third-order valence-electron chi connectivity index (χ3n) is 11.5. The predicted molar refractivity (Wildman–Crippen MR) is 240 cm³/mol. The maximum Gasteiger partial charge on any atom is 0.164 e. The minimum atomic E-state index is 0.616. The van der Waals surface area contributed by atoms with Crippen LogP contribution in [0.15, 0.2) is 200 Å². The van der Waals surface area contributed by atoms with Gasteiger partial charge in [0.2, 0.25) is 0 Å². The van der Waals surface area contributed by atoms with E-state index in [0.29, 0.717) is 17.5 Å². The van der Waals surface area contributed by atoms with Crippen LogP contribution in [0.5, 0.6) is 0 Å². The second-order valence-electron chi connectivity index (χ2n) is 14.9. The van der Waals surface area contributed by atoms with Crippen LogP contribution in [-0.2, 0) is 0 Å². The predicted octanol–water partition coefficient (Wildman–Crippen LogP) is 13.4. The van der Waals surface area contributed by atoms with Gasteiger partial charge in [-0.15, -0.1) is 0 Å². The molecule has 5 nitrogen and oxygen atoms in total. The van der Waals surface area contributed by atoms with E-state index in [0.717, 1.165) is 55.5 Å². The van der Waals surface area contributed by atoms with Crippen LogP contribution in [0, 0.1) is 0 Å². The van der Waals surface area contributed by atoms with Crippen molar-refractivity contribution < 1.29 is 0 Å². The summed E-state index contributed by atoms with van der Waals surface area (Å²) in [6, 6.07) is 71.0. The fraction of sp³-hybridized carbons (Fsp3) is 0. The molecule has 0 saturated heterocycles. The van der Waals surface area contributed by atoms with Crippen LogP contribution < -0.4 is 0 Å². The van der Waals surface area contributed by atoms with E-state index in [1.165, 1.54) is 37.7 Å². The molecule has 0 atom stereocenters. The summed E-state index contributed by atoms with van der Waals surface area (Å²) >= 11 is 0. The van der Waals surface area contributed by atoms with E-state index in [1.807, 2.05) is 0 Å². The molecule has 0 radical (unpaired) electrons. The molecule has 0 N–H and O–H groups in total. The normalized spacial score (nSPS) is 11.8. The van der Waals surface area contributed by atoms with Gasteiger partial charge in [0, 0.05) is 49.6 Å². The van der Waals surface area contributed by atoms with E-state index in [-0.39, 0.29) is 0 Å². The van der Waals surface area contributed by atoms with Crippen LogP contribution in [0.3, 0.4) is 0 Å². The third-order valence-corrected chi connectivity index (χ3v) is 11.5. The zero-order chi connectivity index (χ0) is 38.2.